The minimum Gasteiger partial charge on any atom is -0.326 e. The molecule has 2 heterocycles. The summed E-state index contributed by atoms with van der Waals surface area (Å²) in [4.78, 5) is 21.0. The Morgan fingerprint density at radius 3 is 2.50 bits per heavy atom. The van der Waals surface area contributed by atoms with Crippen LogP contribution in [0, 0.1) is 27.7 Å². The molecule has 0 saturated heterocycles. The quantitative estimate of drug-likeness (QED) is 0.801. The number of carbonyl (C=O) groups excluding carboxylic acids is 1. The van der Waals surface area contributed by atoms with E-state index in [1.807, 2.05) is 52.0 Å². The third-order valence-corrected chi connectivity index (χ3v) is 4.09. The summed E-state index contributed by atoms with van der Waals surface area (Å²) in [6, 6.07) is 7.79. The molecule has 1 amide bonds. The van der Waals surface area contributed by atoms with Crippen LogP contribution in [0.5, 0.6) is 0 Å². The molecule has 2 aromatic heterocycles. The zero-order valence-electron chi connectivity index (χ0n) is 14.4. The summed E-state index contributed by atoms with van der Waals surface area (Å²) in [6.45, 7) is 7.80. The van der Waals surface area contributed by atoms with E-state index in [9.17, 15) is 4.79 Å². The molecule has 1 N–H and O–H groups in total. The summed E-state index contributed by atoms with van der Waals surface area (Å²) in [5.41, 5.74) is 4.92. The summed E-state index contributed by atoms with van der Waals surface area (Å²) in [6.07, 6.45) is 1.02. The molecule has 0 saturated carbocycles. The lowest BCUT2D eigenvalue weighted by Crippen LogP contribution is -2.14. The number of aromatic nitrogens is 4. The number of anilines is 1. The number of carbonyl (C=O) groups is 1. The number of nitrogens with one attached hydrogen (secondary N) is 1. The van der Waals surface area contributed by atoms with Gasteiger partial charge in [0.25, 0.3) is 5.78 Å². The number of aryl methyl sites for hydroxylation is 4. The summed E-state index contributed by atoms with van der Waals surface area (Å²) in [7, 11) is 0. The maximum atomic E-state index is 12.2. The van der Waals surface area contributed by atoms with Gasteiger partial charge in [0.1, 0.15) is 5.82 Å². The average molecular weight is 323 g/mol. The Kier molecular flexibility index (Phi) is 4.29. The molecule has 24 heavy (non-hydrogen) atoms. The van der Waals surface area contributed by atoms with Gasteiger partial charge >= 0.3 is 0 Å². The van der Waals surface area contributed by atoms with Gasteiger partial charge in [-0.1, -0.05) is 17.7 Å². The number of hydrogen-bond donors (Lipinski definition) is 1. The Labute approximate surface area is 141 Å². The van der Waals surface area contributed by atoms with Crippen LogP contribution in [0.25, 0.3) is 5.78 Å². The van der Waals surface area contributed by atoms with Crippen LogP contribution in [0.1, 0.15) is 34.8 Å². The molecule has 6 heteroatoms. The SMILES string of the molecule is Cc1ccc(NC(=O)CCc2c(C)nc3nc(C)nn3c2C)cc1. The predicted molar refractivity (Wildman–Crippen MR) is 93.1 cm³/mol. The lowest BCUT2D eigenvalue weighted by molar-refractivity contribution is -0.116. The van der Waals surface area contributed by atoms with Gasteiger partial charge in [0.15, 0.2) is 0 Å². The van der Waals surface area contributed by atoms with E-state index in [2.05, 4.69) is 20.4 Å². The van der Waals surface area contributed by atoms with Gasteiger partial charge in [-0.15, -0.1) is 0 Å². The van der Waals surface area contributed by atoms with Gasteiger partial charge < -0.3 is 5.32 Å². The summed E-state index contributed by atoms with van der Waals surface area (Å²) in [5.74, 6) is 1.29. The molecule has 1 aromatic carbocycles. The maximum absolute atomic E-state index is 12.2. The first-order chi connectivity index (χ1) is 11.4. The van der Waals surface area contributed by atoms with Gasteiger partial charge in [-0.2, -0.15) is 10.1 Å². The molecule has 0 aliphatic heterocycles. The second-order valence-corrected chi connectivity index (χ2v) is 6.05. The monoisotopic (exact) mass is 323 g/mol. The first-order valence-corrected chi connectivity index (χ1v) is 8.00. The highest BCUT2D eigenvalue weighted by molar-refractivity contribution is 5.90. The second-order valence-electron chi connectivity index (χ2n) is 6.05. The largest absolute Gasteiger partial charge is 0.326 e. The van der Waals surface area contributed by atoms with E-state index in [1.165, 1.54) is 5.56 Å². The van der Waals surface area contributed by atoms with Gasteiger partial charge in [-0.25, -0.2) is 9.50 Å². The highest BCUT2D eigenvalue weighted by atomic mass is 16.1. The zero-order chi connectivity index (χ0) is 17.3. The molecular weight excluding hydrogens is 302 g/mol. The maximum Gasteiger partial charge on any atom is 0.252 e. The summed E-state index contributed by atoms with van der Waals surface area (Å²) >= 11 is 0. The second kappa shape index (κ2) is 6.39. The van der Waals surface area contributed by atoms with E-state index >= 15 is 0 Å². The Balaban J connectivity index is 1.73. The van der Waals surface area contributed by atoms with Crippen LogP contribution < -0.4 is 5.32 Å². The zero-order valence-corrected chi connectivity index (χ0v) is 14.4. The number of fused-ring (bicyclic) bond motifs is 1. The number of benzene rings is 1. The van der Waals surface area contributed by atoms with Crippen molar-refractivity contribution in [2.75, 3.05) is 5.32 Å². The van der Waals surface area contributed by atoms with Crippen LogP contribution >= 0.6 is 0 Å². The Morgan fingerprint density at radius 1 is 1.08 bits per heavy atom. The first-order valence-electron chi connectivity index (χ1n) is 8.00. The molecule has 3 aromatic rings. The number of rotatable bonds is 4. The van der Waals surface area contributed by atoms with Crippen molar-refractivity contribution in [1.82, 2.24) is 19.6 Å². The van der Waals surface area contributed by atoms with E-state index in [-0.39, 0.29) is 5.91 Å². The van der Waals surface area contributed by atoms with E-state index in [4.69, 9.17) is 0 Å². The Morgan fingerprint density at radius 2 is 1.79 bits per heavy atom. The highest BCUT2D eigenvalue weighted by Gasteiger charge is 2.13. The standard InChI is InChI=1S/C18H21N5O/c1-11-5-7-15(8-6-11)21-17(24)10-9-16-12(2)19-18-20-14(4)22-23(18)13(16)3/h5-8H,9-10H2,1-4H3,(H,21,24). The van der Waals surface area contributed by atoms with Gasteiger partial charge in [0.05, 0.1) is 0 Å². The molecule has 0 bridgehead atoms. The van der Waals surface area contributed by atoms with Crippen molar-refractivity contribution < 1.29 is 4.79 Å². The molecule has 0 aliphatic carbocycles. The molecule has 0 unspecified atom stereocenters. The van der Waals surface area contributed by atoms with Crippen molar-refractivity contribution in [3.63, 3.8) is 0 Å². The smallest absolute Gasteiger partial charge is 0.252 e. The summed E-state index contributed by atoms with van der Waals surface area (Å²) in [5, 5.41) is 7.29. The molecule has 0 spiro atoms. The van der Waals surface area contributed by atoms with Gasteiger partial charge in [0, 0.05) is 23.5 Å². The number of hydrogen-bond acceptors (Lipinski definition) is 4. The third-order valence-electron chi connectivity index (χ3n) is 4.09. The van der Waals surface area contributed by atoms with Crippen LogP contribution in [0.4, 0.5) is 5.69 Å². The molecule has 6 nitrogen and oxygen atoms in total. The Bertz CT molecular complexity index is 896. The fraction of sp³-hybridized carbons (Fsp3) is 0.333. The molecule has 0 fully saturated rings. The minimum atomic E-state index is -0.00693. The predicted octanol–water partition coefficient (Wildman–Crippen LogP) is 2.93. The molecule has 0 aliphatic rings. The third kappa shape index (κ3) is 3.27. The van der Waals surface area contributed by atoms with Gasteiger partial charge in [0.2, 0.25) is 5.91 Å². The van der Waals surface area contributed by atoms with Gasteiger partial charge in [-0.05, 0) is 51.8 Å². The van der Waals surface area contributed by atoms with E-state index in [0.29, 0.717) is 24.4 Å². The van der Waals surface area contributed by atoms with Crippen LogP contribution in [0.3, 0.4) is 0 Å². The summed E-state index contributed by atoms with van der Waals surface area (Å²) < 4.78 is 1.75. The fourth-order valence-corrected chi connectivity index (χ4v) is 2.77. The van der Waals surface area contributed by atoms with E-state index in [1.54, 1.807) is 4.52 Å². The van der Waals surface area contributed by atoms with Crippen LogP contribution in [-0.4, -0.2) is 25.5 Å². The molecular formula is C18H21N5O. The minimum absolute atomic E-state index is 0.00693. The molecule has 124 valence electrons. The molecule has 0 atom stereocenters. The topological polar surface area (TPSA) is 72.2 Å². The normalized spacial score (nSPS) is 11.0. The van der Waals surface area contributed by atoms with Crippen molar-refractivity contribution in [2.45, 2.75) is 40.5 Å². The average Bonchev–Trinajstić information content (AvgIpc) is 2.90. The van der Waals surface area contributed by atoms with Crippen molar-refractivity contribution >= 4 is 17.4 Å². The fourth-order valence-electron chi connectivity index (χ4n) is 2.77. The Hall–Kier alpha value is -2.76. The van der Waals surface area contributed by atoms with Crippen LogP contribution in [-0.2, 0) is 11.2 Å². The van der Waals surface area contributed by atoms with Crippen molar-refractivity contribution in [3.8, 4) is 0 Å². The van der Waals surface area contributed by atoms with Crippen molar-refractivity contribution in [2.24, 2.45) is 0 Å². The number of nitrogens with zero attached hydrogens (tertiary/aromatic N) is 4. The molecule has 0 radical (unpaired) electrons. The highest BCUT2D eigenvalue weighted by Crippen LogP contribution is 2.16. The van der Waals surface area contributed by atoms with Crippen molar-refractivity contribution in [1.29, 1.82) is 0 Å². The van der Waals surface area contributed by atoms with E-state index < -0.39 is 0 Å². The van der Waals surface area contributed by atoms with Crippen LogP contribution in [0.2, 0.25) is 0 Å². The van der Waals surface area contributed by atoms with Crippen LogP contribution in [0.15, 0.2) is 24.3 Å². The van der Waals surface area contributed by atoms with Gasteiger partial charge in [-0.3, -0.25) is 4.79 Å². The van der Waals surface area contributed by atoms with Crippen molar-refractivity contribution in [3.05, 3.63) is 52.6 Å². The lowest BCUT2D eigenvalue weighted by atomic mass is 10.1. The van der Waals surface area contributed by atoms with E-state index in [0.717, 1.165) is 22.6 Å². The number of amides is 1. The lowest BCUT2D eigenvalue weighted by Gasteiger charge is -2.10. The first kappa shape index (κ1) is 16.1. The molecule has 3 rings (SSSR count).